The number of methoxy groups -OCH3 is 1. The fraction of sp³-hybridized carbons (Fsp3) is 0.500. The number of hydrogen-bond acceptors (Lipinski definition) is 3. The van der Waals surface area contributed by atoms with Gasteiger partial charge in [0.05, 0.1) is 18.7 Å². The summed E-state index contributed by atoms with van der Waals surface area (Å²) >= 11 is 5.97. The normalized spacial score (nSPS) is 10.9. The Morgan fingerprint density at radius 2 is 2.17 bits per heavy atom. The number of benzene rings is 1. The lowest BCUT2D eigenvalue weighted by Gasteiger charge is -2.08. The number of halogens is 3. The Morgan fingerprint density at radius 1 is 1.39 bits per heavy atom. The third kappa shape index (κ3) is 5.62. The molecule has 0 saturated heterocycles. The van der Waals surface area contributed by atoms with E-state index in [1.807, 2.05) is 6.07 Å². The molecule has 1 N–H and O–H groups in total. The van der Waals surface area contributed by atoms with E-state index in [2.05, 4.69) is 5.32 Å². The van der Waals surface area contributed by atoms with Crippen molar-refractivity contribution in [3.05, 3.63) is 28.8 Å². The predicted molar refractivity (Wildman–Crippen MR) is 66.5 cm³/mol. The monoisotopic (exact) mass is 279 g/mol. The second kappa shape index (κ2) is 8.24. The van der Waals surface area contributed by atoms with E-state index in [1.54, 1.807) is 19.2 Å². The van der Waals surface area contributed by atoms with Gasteiger partial charge in [-0.15, -0.1) is 0 Å². The number of alkyl halides is 2. The molecule has 0 saturated carbocycles. The van der Waals surface area contributed by atoms with Crippen LogP contribution >= 0.6 is 11.6 Å². The molecular formula is C12H16ClF2NO2. The van der Waals surface area contributed by atoms with Crippen LogP contribution in [0.3, 0.4) is 0 Å². The van der Waals surface area contributed by atoms with E-state index in [0.29, 0.717) is 23.9 Å². The summed E-state index contributed by atoms with van der Waals surface area (Å²) in [6.45, 7) is 0.850. The summed E-state index contributed by atoms with van der Waals surface area (Å²) in [4.78, 5) is 0. The van der Waals surface area contributed by atoms with Crippen molar-refractivity contribution in [2.45, 2.75) is 13.0 Å². The molecule has 0 unspecified atom stereocenters. The van der Waals surface area contributed by atoms with Gasteiger partial charge in [0.1, 0.15) is 12.4 Å². The van der Waals surface area contributed by atoms with Gasteiger partial charge >= 0.3 is 0 Å². The highest BCUT2D eigenvalue weighted by molar-refractivity contribution is 6.32. The Kier molecular flexibility index (Phi) is 6.93. The zero-order valence-electron chi connectivity index (χ0n) is 10.1. The smallest absolute Gasteiger partial charge is 0.261 e. The average Bonchev–Trinajstić information content (AvgIpc) is 2.33. The molecule has 0 aliphatic rings. The second-order valence-corrected chi connectivity index (χ2v) is 4.02. The highest BCUT2D eigenvalue weighted by Crippen LogP contribution is 2.24. The van der Waals surface area contributed by atoms with Crippen molar-refractivity contribution in [2.75, 3.05) is 26.9 Å². The van der Waals surface area contributed by atoms with Gasteiger partial charge in [0, 0.05) is 13.1 Å². The van der Waals surface area contributed by atoms with Gasteiger partial charge in [-0.2, -0.15) is 0 Å². The quantitative estimate of drug-likeness (QED) is 0.742. The topological polar surface area (TPSA) is 30.5 Å². The lowest BCUT2D eigenvalue weighted by molar-refractivity contribution is 0.0187. The Bertz CT molecular complexity index is 364. The molecule has 1 aromatic rings. The van der Waals surface area contributed by atoms with E-state index in [1.165, 1.54) is 0 Å². The van der Waals surface area contributed by atoms with Crippen molar-refractivity contribution >= 4 is 11.6 Å². The molecule has 0 aliphatic heterocycles. The maximum Gasteiger partial charge on any atom is 0.261 e. The van der Waals surface area contributed by atoms with Gasteiger partial charge in [-0.25, -0.2) is 8.78 Å². The molecule has 0 heterocycles. The summed E-state index contributed by atoms with van der Waals surface area (Å²) in [6, 6.07) is 5.47. The van der Waals surface area contributed by atoms with Crippen molar-refractivity contribution in [1.29, 1.82) is 0 Å². The lowest BCUT2D eigenvalue weighted by atomic mass is 10.2. The van der Waals surface area contributed by atoms with Gasteiger partial charge in [-0.1, -0.05) is 17.7 Å². The summed E-state index contributed by atoms with van der Waals surface area (Å²) in [7, 11) is 1.56. The van der Waals surface area contributed by atoms with E-state index in [9.17, 15) is 8.78 Å². The molecule has 0 bridgehead atoms. The molecule has 3 nitrogen and oxygen atoms in total. The third-order valence-corrected chi connectivity index (χ3v) is 2.51. The van der Waals surface area contributed by atoms with Crippen LogP contribution in [-0.2, 0) is 11.3 Å². The largest absolute Gasteiger partial charge is 0.495 e. The summed E-state index contributed by atoms with van der Waals surface area (Å²) in [5, 5.41) is 3.62. The molecule has 0 radical (unpaired) electrons. The molecule has 1 aromatic carbocycles. The minimum atomic E-state index is -2.41. The number of nitrogens with one attached hydrogen (secondary N) is 1. The molecule has 18 heavy (non-hydrogen) atoms. The molecule has 0 amide bonds. The van der Waals surface area contributed by atoms with E-state index < -0.39 is 13.0 Å². The number of rotatable bonds is 8. The van der Waals surface area contributed by atoms with Crippen LogP contribution in [-0.4, -0.2) is 33.3 Å². The van der Waals surface area contributed by atoms with Crippen molar-refractivity contribution in [2.24, 2.45) is 0 Å². The highest BCUT2D eigenvalue weighted by atomic mass is 35.5. The molecule has 0 atom stereocenters. The first kappa shape index (κ1) is 15.1. The Hall–Kier alpha value is -0.910. The van der Waals surface area contributed by atoms with Crippen LogP contribution in [0.25, 0.3) is 0 Å². The van der Waals surface area contributed by atoms with Crippen LogP contribution in [0.15, 0.2) is 18.2 Å². The maximum atomic E-state index is 11.8. The highest BCUT2D eigenvalue weighted by Gasteiger charge is 2.02. The van der Waals surface area contributed by atoms with Crippen molar-refractivity contribution < 1.29 is 18.3 Å². The number of hydrogen-bond donors (Lipinski definition) is 1. The fourth-order valence-corrected chi connectivity index (χ4v) is 1.65. The van der Waals surface area contributed by atoms with Crippen LogP contribution in [0.4, 0.5) is 8.78 Å². The van der Waals surface area contributed by atoms with Gasteiger partial charge in [0.25, 0.3) is 6.43 Å². The fourth-order valence-electron chi connectivity index (χ4n) is 1.37. The van der Waals surface area contributed by atoms with Crippen LogP contribution in [0.2, 0.25) is 5.02 Å². The van der Waals surface area contributed by atoms with Crippen LogP contribution < -0.4 is 10.1 Å². The molecule has 6 heteroatoms. The van der Waals surface area contributed by atoms with E-state index in [0.717, 1.165) is 5.56 Å². The molecular weight excluding hydrogens is 264 g/mol. The van der Waals surface area contributed by atoms with Gasteiger partial charge in [-0.05, 0) is 17.7 Å². The van der Waals surface area contributed by atoms with Crippen LogP contribution in [0.1, 0.15) is 5.56 Å². The summed E-state index contributed by atoms with van der Waals surface area (Å²) in [5.74, 6) is 0.626. The Balaban J connectivity index is 2.21. The third-order valence-electron chi connectivity index (χ3n) is 2.21. The van der Waals surface area contributed by atoms with E-state index >= 15 is 0 Å². The minimum Gasteiger partial charge on any atom is -0.495 e. The van der Waals surface area contributed by atoms with E-state index in [4.69, 9.17) is 21.1 Å². The predicted octanol–water partition coefficient (Wildman–Crippen LogP) is 2.72. The van der Waals surface area contributed by atoms with Crippen molar-refractivity contribution in [3.8, 4) is 5.75 Å². The van der Waals surface area contributed by atoms with E-state index in [-0.39, 0.29) is 6.61 Å². The first-order valence-corrected chi connectivity index (χ1v) is 5.90. The standard InChI is InChI=1S/C12H16ClF2NO2/c1-17-11-3-2-9(6-10(11)13)7-16-4-5-18-8-12(14)15/h2-3,6,12,16H,4-5,7-8H2,1H3. The maximum absolute atomic E-state index is 11.8. The van der Waals surface area contributed by atoms with Crippen molar-refractivity contribution in [1.82, 2.24) is 5.32 Å². The Labute approximate surface area is 110 Å². The SMILES string of the molecule is COc1ccc(CNCCOCC(F)F)cc1Cl. The summed E-state index contributed by atoms with van der Waals surface area (Å²) in [5.41, 5.74) is 0.995. The molecule has 0 fully saturated rings. The minimum absolute atomic E-state index is 0.258. The van der Waals surface area contributed by atoms with Crippen LogP contribution in [0, 0.1) is 0 Å². The first-order valence-electron chi connectivity index (χ1n) is 5.52. The second-order valence-electron chi connectivity index (χ2n) is 3.61. The lowest BCUT2D eigenvalue weighted by Crippen LogP contribution is -2.20. The molecule has 0 aromatic heterocycles. The summed E-state index contributed by atoms with van der Waals surface area (Å²) < 4.78 is 33.3. The molecule has 0 spiro atoms. The molecule has 102 valence electrons. The summed E-state index contributed by atoms with van der Waals surface area (Å²) in [6.07, 6.45) is -2.41. The van der Waals surface area contributed by atoms with Gasteiger partial charge in [0.15, 0.2) is 0 Å². The zero-order chi connectivity index (χ0) is 13.4. The van der Waals surface area contributed by atoms with Gasteiger partial charge < -0.3 is 14.8 Å². The zero-order valence-corrected chi connectivity index (χ0v) is 10.8. The first-order chi connectivity index (χ1) is 8.63. The van der Waals surface area contributed by atoms with Crippen molar-refractivity contribution in [3.63, 3.8) is 0 Å². The molecule has 1 rings (SSSR count). The van der Waals surface area contributed by atoms with Crippen LogP contribution in [0.5, 0.6) is 5.75 Å². The van der Waals surface area contributed by atoms with Gasteiger partial charge in [0.2, 0.25) is 0 Å². The molecule has 0 aliphatic carbocycles. The Morgan fingerprint density at radius 3 is 2.78 bits per heavy atom. The van der Waals surface area contributed by atoms with Gasteiger partial charge in [-0.3, -0.25) is 0 Å². The number of ether oxygens (including phenoxy) is 2. The average molecular weight is 280 g/mol.